The molecule has 172 valence electrons. The fourth-order valence-electron chi connectivity index (χ4n) is 4.12. The molecule has 0 fully saturated rings. The molecule has 6 nitrogen and oxygen atoms in total. The van der Waals surface area contributed by atoms with Crippen molar-refractivity contribution in [1.82, 2.24) is 9.97 Å². The number of rotatable bonds is 8. The van der Waals surface area contributed by atoms with E-state index in [0.717, 1.165) is 46.4 Å². The van der Waals surface area contributed by atoms with Gasteiger partial charge in [-0.1, -0.05) is 53.8 Å². The predicted molar refractivity (Wildman–Crippen MR) is 133 cm³/mol. The highest BCUT2D eigenvalue weighted by atomic mass is 32.1. The van der Waals surface area contributed by atoms with Crippen LogP contribution in [0.4, 0.5) is 0 Å². The van der Waals surface area contributed by atoms with E-state index < -0.39 is 6.10 Å². The number of H-pyrrole nitrogens is 1. The van der Waals surface area contributed by atoms with Crippen LogP contribution in [0.3, 0.4) is 0 Å². The highest BCUT2D eigenvalue weighted by Gasteiger charge is 2.20. The largest absolute Gasteiger partial charge is 0.494 e. The van der Waals surface area contributed by atoms with E-state index in [4.69, 9.17) is 9.15 Å². The smallest absolute Gasteiger partial charge is 0.307 e. The van der Waals surface area contributed by atoms with Gasteiger partial charge in [-0.25, -0.2) is 4.98 Å². The molecule has 0 aliphatic carbocycles. The molecule has 2 N–H and O–H groups in total. The van der Waals surface area contributed by atoms with Crippen molar-refractivity contribution in [2.24, 2.45) is 0 Å². The Morgan fingerprint density at radius 2 is 1.97 bits per heavy atom. The van der Waals surface area contributed by atoms with Crippen LogP contribution in [0.5, 0.6) is 11.6 Å². The van der Waals surface area contributed by atoms with Crippen LogP contribution < -0.4 is 9.61 Å². The van der Waals surface area contributed by atoms with Crippen molar-refractivity contribution in [3.63, 3.8) is 0 Å². The van der Waals surface area contributed by atoms with Crippen molar-refractivity contribution in [2.75, 3.05) is 0 Å². The van der Waals surface area contributed by atoms with Crippen LogP contribution in [0, 0.1) is 6.92 Å². The summed E-state index contributed by atoms with van der Waals surface area (Å²) in [6.07, 6.45) is 4.96. The number of fused-ring (bicyclic) bond motifs is 1. The Morgan fingerprint density at radius 1 is 1.12 bits per heavy atom. The maximum absolute atomic E-state index is 11.3. The molecular formula is C27H24N2O4S. The highest BCUT2D eigenvalue weighted by molar-refractivity contribution is 7.09. The molecule has 5 aromatic rings. The zero-order valence-electron chi connectivity index (χ0n) is 18.7. The number of hydrogen-bond donors (Lipinski definition) is 2. The SMILES string of the molecule is Cc1cccc2cc(C(Oc3ccc(CCCc4sc(=O)[nH]c4O)cc3)c3cocn3)ccc12. The van der Waals surface area contributed by atoms with Gasteiger partial charge in [-0.3, -0.25) is 9.78 Å². The fourth-order valence-corrected chi connectivity index (χ4v) is 4.89. The second-order valence-corrected chi connectivity index (χ2v) is 9.32. The molecule has 2 heterocycles. The average molecular weight is 473 g/mol. The summed E-state index contributed by atoms with van der Waals surface area (Å²) in [5.41, 5.74) is 4.11. The van der Waals surface area contributed by atoms with Gasteiger partial charge in [0, 0.05) is 0 Å². The zero-order chi connectivity index (χ0) is 23.5. The van der Waals surface area contributed by atoms with E-state index in [0.29, 0.717) is 17.0 Å². The van der Waals surface area contributed by atoms with Gasteiger partial charge >= 0.3 is 4.87 Å². The summed E-state index contributed by atoms with van der Waals surface area (Å²) in [5.74, 6) is 0.726. The Kier molecular flexibility index (Phi) is 6.18. The minimum Gasteiger partial charge on any atom is -0.494 e. The van der Waals surface area contributed by atoms with Crippen LogP contribution in [-0.2, 0) is 12.8 Å². The number of benzene rings is 3. The van der Waals surface area contributed by atoms with Crippen LogP contribution in [0.2, 0.25) is 0 Å². The van der Waals surface area contributed by atoms with Gasteiger partial charge in [-0.2, -0.15) is 0 Å². The van der Waals surface area contributed by atoms with E-state index in [2.05, 4.69) is 53.3 Å². The summed E-state index contributed by atoms with van der Waals surface area (Å²) in [5, 5.41) is 12.1. The van der Waals surface area contributed by atoms with Crippen molar-refractivity contribution in [3.8, 4) is 11.6 Å². The lowest BCUT2D eigenvalue weighted by Crippen LogP contribution is -2.10. The lowest BCUT2D eigenvalue weighted by Gasteiger charge is -2.18. The third kappa shape index (κ3) is 4.75. The predicted octanol–water partition coefficient (Wildman–Crippen LogP) is 5.94. The zero-order valence-corrected chi connectivity index (χ0v) is 19.5. The monoisotopic (exact) mass is 472 g/mol. The number of nitrogens with one attached hydrogen (secondary N) is 1. The Labute approximate surface area is 200 Å². The number of ether oxygens (including phenoxy) is 1. The number of aromatic hydroxyl groups is 1. The summed E-state index contributed by atoms with van der Waals surface area (Å²) < 4.78 is 11.6. The van der Waals surface area contributed by atoms with Gasteiger partial charge in [-0.15, -0.1) is 0 Å². The van der Waals surface area contributed by atoms with Crippen LogP contribution >= 0.6 is 11.3 Å². The standard InChI is InChI=1S/C27H24N2O4S/c1-17-4-2-6-19-14-20(10-13-22(17)19)25(23-15-32-16-28-23)33-21-11-8-18(9-12-21)5-3-7-24-26(30)29-27(31)34-24/h2,4,6,8-16,25,30H,3,5,7H2,1H3,(H,29,31). The van der Waals surface area contributed by atoms with Gasteiger partial charge in [0.2, 0.25) is 5.88 Å². The van der Waals surface area contributed by atoms with Gasteiger partial charge < -0.3 is 14.3 Å². The second kappa shape index (κ2) is 9.57. The molecule has 0 saturated carbocycles. The first-order valence-corrected chi connectivity index (χ1v) is 11.9. The molecule has 34 heavy (non-hydrogen) atoms. The molecule has 3 aromatic carbocycles. The quantitative estimate of drug-likeness (QED) is 0.292. The van der Waals surface area contributed by atoms with Crippen molar-refractivity contribution in [3.05, 3.63) is 110 Å². The normalized spacial score (nSPS) is 12.1. The first-order chi connectivity index (χ1) is 16.6. The van der Waals surface area contributed by atoms with E-state index in [1.165, 1.54) is 17.3 Å². The number of aryl methyl sites for hydroxylation is 3. The molecule has 0 radical (unpaired) electrons. The Bertz CT molecular complexity index is 1450. The van der Waals surface area contributed by atoms with E-state index >= 15 is 0 Å². The molecule has 7 heteroatoms. The molecule has 0 saturated heterocycles. The maximum Gasteiger partial charge on any atom is 0.307 e. The van der Waals surface area contributed by atoms with Gasteiger partial charge in [0.15, 0.2) is 12.5 Å². The van der Waals surface area contributed by atoms with E-state index in [9.17, 15) is 9.90 Å². The molecule has 0 aliphatic heterocycles. The number of oxazole rings is 1. The van der Waals surface area contributed by atoms with Crippen molar-refractivity contribution < 1.29 is 14.3 Å². The molecule has 0 spiro atoms. The van der Waals surface area contributed by atoms with E-state index in [-0.39, 0.29) is 10.8 Å². The highest BCUT2D eigenvalue weighted by Crippen LogP contribution is 2.31. The average Bonchev–Trinajstić information content (AvgIpc) is 3.48. The second-order valence-electron chi connectivity index (χ2n) is 8.25. The van der Waals surface area contributed by atoms with E-state index in [1.807, 2.05) is 24.3 Å². The van der Waals surface area contributed by atoms with Gasteiger partial charge in [0.25, 0.3) is 0 Å². The lowest BCUT2D eigenvalue weighted by molar-refractivity contribution is 0.242. The Balaban J connectivity index is 1.31. The maximum atomic E-state index is 11.3. The fraction of sp³-hybridized carbons (Fsp3) is 0.185. The van der Waals surface area contributed by atoms with Crippen molar-refractivity contribution in [2.45, 2.75) is 32.3 Å². The third-order valence-corrected chi connectivity index (χ3v) is 6.82. The molecule has 0 amide bonds. The Hall–Kier alpha value is -3.84. The number of aromatic amines is 1. The summed E-state index contributed by atoms with van der Waals surface area (Å²) in [6.45, 7) is 2.11. The molecular weight excluding hydrogens is 448 g/mol. The number of nitrogens with zero attached hydrogens (tertiary/aromatic N) is 1. The minimum atomic E-state index is -0.395. The van der Waals surface area contributed by atoms with Gasteiger partial charge in [0.05, 0.1) is 4.88 Å². The van der Waals surface area contributed by atoms with Crippen LogP contribution in [0.1, 0.15) is 39.8 Å². The van der Waals surface area contributed by atoms with Crippen molar-refractivity contribution >= 4 is 22.1 Å². The molecule has 2 aromatic heterocycles. The summed E-state index contributed by atoms with van der Waals surface area (Å²) in [6, 6.07) is 20.6. The molecule has 5 rings (SSSR count). The van der Waals surface area contributed by atoms with E-state index in [1.54, 1.807) is 6.26 Å². The first kappa shape index (κ1) is 22.0. The van der Waals surface area contributed by atoms with Gasteiger partial charge in [-0.05, 0) is 71.8 Å². The lowest BCUT2D eigenvalue weighted by atomic mass is 9.99. The van der Waals surface area contributed by atoms with Crippen LogP contribution in [0.25, 0.3) is 10.8 Å². The topological polar surface area (TPSA) is 88.4 Å². The summed E-state index contributed by atoms with van der Waals surface area (Å²) in [7, 11) is 0. The third-order valence-electron chi connectivity index (χ3n) is 5.89. The first-order valence-electron chi connectivity index (χ1n) is 11.1. The van der Waals surface area contributed by atoms with Crippen LogP contribution in [0.15, 0.2) is 82.5 Å². The van der Waals surface area contributed by atoms with Gasteiger partial charge in [0.1, 0.15) is 17.7 Å². The minimum absolute atomic E-state index is 0.0125. The number of thiazole rings is 1. The summed E-state index contributed by atoms with van der Waals surface area (Å²) in [4.78, 5) is 18.5. The molecule has 1 atom stereocenters. The number of aromatic nitrogens is 2. The van der Waals surface area contributed by atoms with Crippen LogP contribution in [-0.4, -0.2) is 15.1 Å². The Morgan fingerprint density at radius 3 is 2.71 bits per heavy atom. The van der Waals surface area contributed by atoms with Crippen molar-refractivity contribution in [1.29, 1.82) is 0 Å². The molecule has 1 unspecified atom stereocenters. The summed E-state index contributed by atoms with van der Waals surface area (Å²) >= 11 is 1.06. The molecule has 0 aliphatic rings. The molecule has 0 bridgehead atoms. The number of hydrogen-bond acceptors (Lipinski definition) is 6.